The molecule has 9 nitrogen and oxygen atoms in total. The van der Waals surface area contributed by atoms with Crippen molar-refractivity contribution in [1.29, 1.82) is 0 Å². The van der Waals surface area contributed by atoms with Crippen molar-refractivity contribution in [1.82, 2.24) is 14.6 Å². The first kappa shape index (κ1) is 33.8. The van der Waals surface area contributed by atoms with Gasteiger partial charge >= 0.3 is 5.97 Å². The summed E-state index contributed by atoms with van der Waals surface area (Å²) in [6, 6.07) is 11.8. The Hall–Kier alpha value is -4.58. The van der Waals surface area contributed by atoms with Crippen LogP contribution in [0.3, 0.4) is 0 Å². The number of nitrogens with zero attached hydrogens (tertiary/aromatic N) is 5. The highest BCUT2D eigenvalue weighted by Crippen LogP contribution is 2.37. The van der Waals surface area contributed by atoms with Gasteiger partial charge in [-0.05, 0) is 98.4 Å². The maximum absolute atomic E-state index is 14.1. The lowest BCUT2D eigenvalue weighted by atomic mass is 9.75. The number of ether oxygens (including phenoxy) is 3. The van der Waals surface area contributed by atoms with Crippen molar-refractivity contribution in [2.75, 3.05) is 32.2 Å². The van der Waals surface area contributed by atoms with Crippen molar-refractivity contribution in [3.8, 4) is 22.9 Å². The number of aryl methyl sites for hydroxylation is 1. The monoisotopic (exact) mass is 637 g/mol. The molecule has 2 heterocycles. The van der Waals surface area contributed by atoms with E-state index in [1.54, 1.807) is 36.9 Å². The molecule has 9 heteroatoms. The molecule has 1 aliphatic rings. The number of hydrogen-bond donors (Lipinski definition) is 0. The van der Waals surface area contributed by atoms with Crippen LogP contribution in [0.25, 0.3) is 28.0 Å². The lowest BCUT2D eigenvalue weighted by Crippen LogP contribution is -2.37. The van der Waals surface area contributed by atoms with Crippen LogP contribution in [0.2, 0.25) is 0 Å². The van der Waals surface area contributed by atoms with Gasteiger partial charge in [-0.3, -0.25) is 0 Å². The lowest BCUT2D eigenvalue weighted by molar-refractivity contribution is -0.0249. The normalized spacial score (nSPS) is 19.9. The zero-order valence-corrected chi connectivity index (χ0v) is 29.0. The lowest BCUT2D eigenvalue weighted by Gasteiger charge is -2.37. The fraction of sp³-hybridized carbons (Fsp3) is 0.474. The predicted molar refractivity (Wildman–Crippen MR) is 186 cm³/mol. The van der Waals surface area contributed by atoms with E-state index in [1.807, 2.05) is 6.08 Å². The Bertz CT molecular complexity index is 1830. The Balaban J connectivity index is 1.68. The third kappa shape index (κ3) is 6.78. The van der Waals surface area contributed by atoms with Crippen LogP contribution in [0.5, 0.6) is 11.5 Å². The van der Waals surface area contributed by atoms with Crippen molar-refractivity contribution >= 4 is 29.1 Å². The van der Waals surface area contributed by atoms with Gasteiger partial charge in [-0.1, -0.05) is 40.2 Å². The number of benzene rings is 2. The first-order chi connectivity index (χ1) is 22.6. The number of esters is 1. The van der Waals surface area contributed by atoms with E-state index < -0.39 is 5.97 Å². The van der Waals surface area contributed by atoms with Crippen LogP contribution in [-0.2, 0) is 4.74 Å². The van der Waals surface area contributed by atoms with Gasteiger partial charge in [-0.2, -0.15) is 0 Å². The number of carbonyl (C=O) groups excluding carboxylic acids is 1. The molecule has 4 aromatic rings. The summed E-state index contributed by atoms with van der Waals surface area (Å²) >= 11 is 0. The first-order valence-electron chi connectivity index (χ1n) is 16.7. The largest absolute Gasteiger partial charge is 0.497 e. The maximum Gasteiger partial charge on any atom is 0.331 e. The molecular formula is C38H47N5O4. The van der Waals surface area contributed by atoms with Crippen LogP contribution in [0.1, 0.15) is 81.8 Å². The summed E-state index contributed by atoms with van der Waals surface area (Å²) in [6.07, 6.45) is 5.92. The Morgan fingerprint density at radius 3 is 2.45 bits per heavy atom. The molecule has 47 heavy (non-hydrogen) atoms. The van der Waals surface area contributed by atoms with Gasteiger partial charge in [0.05, 0.1) is 31.7 Å². The van der Waals surface area contributed by atoms with Gasteiger partial charge in [-0.25, -0.2) is 19.1 Å². The summed E-state index contributed by atoms with van der Waals surface area (Å²) in [6.45, 7) is 23.1. The molecule has 0 spiro atoms. The number of carbonyl (C=O) groups is 1. The molecule has 0 radical (unpaired) electrons. The number of methoxy groups -OCH3 is 2. The van der Waals surface area contributed by atoms with Gasteiger partial charge < -0.3 is 19.1 Å². The summed E-state index contributed by atoms with van der Waals surface area (Å²) in [5.41, 5.74) is 4.35. The number of hydrogen-bond acceptors (Lipinski definition) is 7. The third-order valence-electron chi connectivity index (χ3n) is 9.49. The molecule has 248 valence electrons. The van der Waals surface area contributed by atoms with Crippen molar-refractivity contribution in [2.24, 2.45) is 17.8 Å². The summed E-state index contributed by atoms with van der Waals surface area (Å²) in [7, 11) is 3.18. The average Bonchev–Trinajstić information content (AvgIpc) is 3.61. The van der Waals surface area contributed by atoms with Crippen molar-refractivity contribution in [2.45, 2.75) is 73.3 Å². The van der Waals surface area contributed by atoms with Crippen molar-refractivity contribution in [3.63, 3.8) is 0 Å². The molecule has 1 fully saturated rings. The summed E-state index contributed by atoms with van der Waals surface area (Å²) < 4.78 is 19.0. The molecule has 0 N–H and O–H groups in total. The molecule has 0 amide bonds. The fourth-order valence-electron chi connectivity index (χ4n) is 7.10. The van der Waals surface area contributed by atoms with E-state index in [4.69, 9.17) is 30.9 Å². The molecule has 2 aromatic heterocycles. The first-order valence-corrected chi connectivity index (χ1v) is 16.7. The van der Waals surface area contributed by atoms with Crippen LogP contribution < -0.4 is 19.7 Å². The van der Waals surface area contributed by atoms with Crippen LogP contribution in [0.4, 0.5) is 11.4 Å². The molecule has 5 rings (SSSR count). The minimum absolute atomic E-state index is 0.135. The highest BCUT2D eigenvalue weighted by molar-refractivity contribution is 6.03. The minimum Gasteiger partial charge on any atom is -0.497 e. The zero-order valence-electron chi connectivity index (χ0n) is 29.0. The summed E-state index contributed by atoms with van der Waals surface area (Å²) in [5.74, 6) is 1.98. The van der Waals surface area contributed by atoms with E-state index >= 15 is 0 Å². The number of rotatable bonds is 11. The van der Waals surface area contributed by atoms with Gasteiger partial charge in [0, 0.05) is 18.8 Å². The number of unbranched alkanes of at least 4 members (excludes halogenated alkanes) is 1. The number of anilines is 1. The van der Waals surface area contributed by atoms with E-state index in [-0.39, 0.29) is 34.8 Å². The second-order valence-corrected chi connectivity index (χ2v) is 13.0. The second kappa shape index (κ2) is 14.5. The molecule has 1 aliphatic carbocycles. The Labute approximate surface area is 278 Å². The van der Waals surface area contributed by atoms with Gasteiger partial charge in [0.2, 0.25) is 5.69 Å². The summed E-state index contributed by atoms with van der Waals surface area (Å²) in [5, 5.41) is 5.34. The highest BCUT2D eigenvalue weighted by Gasteiger charge is 2.36. The molecule has 2 aromatic carbocycles. The quantitative estimate of drug-likeness (QED) is 0.123. The summed E-state index contributed by atoms with van der Waals surface area (Å²) in [4.78, 5) is 25.2. The fourth-order valence-corrected chi connectivity index (χ4v) is 7.10. The van der Waals surface area contributed by atoms with Gasteiger partial charge in [0.25, 0.3) is 0 Å². The topological polar surface area (TPSA) is 82.5 Å². The molecular weight excluding hydrogens is 590 g/mol. The Morgan fingerprint density at radius 2 is 1.83 bits per heavy atom. The average molecular weight is 638 g/mol. The van der Waals surface area contributed by atoms with Gasteiger partial charge in [-0.15, -0.1) is 5.10 Å². The van der Waals surface area contributed by atoms with Gasteiger partial charge in [0.15, 0.2) is 11.5 Å². The van der Waals surface area contributed by atoms with E-state index in [0.29, 0.717) is 34.2 Å². The van der Waals surface area contributed by atoms with E-state index in [0.717, 1.165) is 55.6 Å². The van der Waals surface area contributed by atoms with Crippen molar-refractivity contribution in [3.05, 3.63) is 69.9 Å². The standard InChI is InChI=1S/C38H47N5O4/c1-10-12-17-42(11-2)28-14-13-27(24(4)20-28)21-31-34(39-7)33(38(44)47-35-25(5)18-23(3)19-26(35)6)37-40-36(41-43(31)37)30-22-29(45-8)15-16-32(30)46-9/h13-16,20-23,25-26,35H,10-12,17-19H2,1-6,8-9H3. The van der Waals surface area contributed by atoms with Crippen LogP contribution in [-0.4, -0.2) is 54.0 Å². The Kier molecular flexibility index (Phi) is 10.4. The molecule has 0 saturated heterocycles. The molecule has 0 aliphatic heterocycles. The molecule has 2 atom stereocenters. The molecule has 1 saturated carbocycles. The number of aromatic nitrogens is 3. The van der Waals surface area contributed by atoms with Crippen LogP contribution in [0, 0.1) is 31.2 Å². The molecule has 0 bridgehead atoms. The van der Waals surface area contributed by atoms with E-state index in [9.17, 15) is 4.79 Å². The maximum atomic E-state index is 14.1. The zero-order chi connectivity index (χ0) is 33.8. The van der Waals surface area contributed by atoms with Crippen molar-refractivity contribution < 1.29 is 19.0 Å². The number of fused-ring (bicyclic) bond motifs is 1. The van der Waals surface area contributed by atoms with Gasteiger partial charge in [0.1, 0.15) is 23.2 Å². The smallest absolute Gasteiger partial charge is 0.331 e. The molecule has 2 unspecified atom stereocenters. The van der Waals surface area contributed by atoms with Crippen LogP contribution in [0.15, 0.2) is 36.4 Å². The Morgan fingerprint density at radius 1 is 1.09 bits per heavy atom. The predicted octanol–water partition coefficient (Wildman–Crippen LogP) is 7.67. The second-order valence-electron chi connectivity index (χ2n) is 13.0. The van der Waals surface area contributed by atoms with E-state index in [1.165, 1.54) is 0 Å². The van der Waals surface area contributed by atoms with Crippen LogP contribution >= 0.6 is 0 Å². The highest BCUT2D eigenvalue weighted by atomic mass is 16.5. The third-order valence-corrected chi connectivity index (χ3v) is 9.49. The minimum atomic E-state index is -0.544. The van der Waals surface area contributed by atoms with E-state index in [2.05, 4.69) is 69.5 Å². The SMILES string of the molecule is [C-]#[N+]c1c(C(=O)OC2C(C)CC(C)CC2C)c2nc(-c3cc(OC)ccc3OC)nn2c1=Cc1ccc(N(CC)CCCC)cc1C.